The molecular weight excluding hydrogens is 437 g/mol. The van der Waals surface area contributed by atoms with E-state index in [1.54, 1.807) is 19.3 Å². The zero-order valence-electron chi connectivity index (χ0n) is 18.6. The van der Waals surface area contributed by atoms with Crippen LogP contribution in [-0.4, -0.2) is 63.0 Å². The number of rotatable bonds is 7. The summed E-state index contributed by atoms with van der Waals surface area (Å²) in [6.45, 7) is 7.30. The van der Waals surface area contributed by atoms with E-state index in [2.05, 4.69) is 30.3 Å². The highest BCUT2D eigenvalue weighted by Gasteiger charge is 2.41. The van der Waals surface area contributed by atoms with E-state index < -0.39 is 18.3 Å². The van der Waals surface area contributed by atoms with Crippen molar-refractivity contribution in [1.82, 2.24) is 29.9 Å². The predicted molar refractivity (Wildman–Crippen MR) is 117 cm³/mol. The SMILES string of the molecule is CCC[C@@H](Oc1nc(N)c2ncc(Cc3cnc(N4CCNCC4)c(C)c3)n2n1)C(F)(F)F. The first-order valence-corrected chi connectivity index (χ1v) is 10.9. The normalized spacial score (nSPS) is 15.7. The highest BCUT2D eigenvalue weighted by atomic mass is 19.4. The molecule has 1 aliphatic heterocycles. The molecule has 0 amide bonds. The number of nitrogens with one attached hydrogen (secondary N) is 1. The number of aryl methyl sites for hydroxylation is 1. The van der Waals surface area contributed by atoms with Gasteiger partial charge in [0, 0.05) is 38.8 Å². The van der Waals surface area contributed by atoms with Gasteiger partial charge in [-0.3, -0.25) is 0 Å². The van der Waals surface area contributed by atoms with Gasteiger partial charge in [0.2, 0.25) is 0 Å². The Labute approximate surface area is 189 Å². The van der Waals surface area contributed by atoms with Crippen LogP contribution in [0.15, 0.2) is 18.5 Å². The summed E-state index contributed by atoms with van der Waals surface area (Å²) in [4.78, 5) is 15.0. The molecule has 4 rings (SSSR count). The Morgan fingerprint density at radius 2 is 1.97 bits per heavy atom. The van der Waals surface area contributed by atoms with E-state index in [1.165, 1.54) is 4.52 Å². The average Bonchev–Trinajstić information content (AvgIpc) is 3.17. The van der Waals surface area contributed by atoms with Crippen LogP contribution in [0.25, 0.3) is 5.65 Å². The van der Waals surface area contributed by atoms with Crippen molar-refractivity contribution >= 4 is 17.3 Å². The topological polar surface area (TPSA) is 106 Å². The van der Waals surface area contributed by atoms with Crippen molar-refractivity contribution in [1.29, 1.82) is 0 Å². The van der Waals surface area contributed by atoms with Crippen LogP contribution in [0.5, 0.6) is 6.01 Å². The first kappa shape index (κ1) is 23.0. The number of ether oxygens (including phenoxy) is 1. The Balaban J connectivity index is 1.59. The molecule has 1 atom stereocenters. The molecule has 178 valence electrons. The number of aromatic nitrogens is 5. The van der Waals surface area contributed by atoms with Crippen molar-refractivity contribution in [2.24, 2.45) is 0 Å². The number of nitrogen functional groups attached to an aromatic ring is 1. The van der Waals surface area contributed by atoms with E-state index in [9.17, 15) is 13.2 Å². The summed E-state index contributed by atoms with van der Waals surface area (Å²) in [5.41, 5.74) is 8.80. The second kappa shape index (κ2) is 9.38. The summed E-state index contributed by atoms with van der Waals surface area (Å²) in [7, 11) is 0. The van der Waals surface area contributed by atoms with Gasteiger partial charge in [0.1, 0.15) is 5.82 Å². The van der Waals surface area contributed by atoms with E-state index in [1.807, 2.05) is 13.0 Å². The number of nitrogens with zero attached hydrogens (tertiary/aromatic N) is 6. The number of alkyl halides is 3. The molecule has 4 heterocycles. The second-order valence-corrected chi connectivity index (χ2v) is 8.10. The lowest BCUT2D eigenvalue weighted by Crippen LogP contribution is -2.44. The first-order valence-electron chi connectivity index (χ1n) is 10.9. The van der Waals surface area contributed by atoms with Gasteiger partial charge < -0.3 is 20.7 Å². The van der Waals surface area contributed by atoms with Crippen LogP contribution in [0.2, 0.25) is 0 Å². The summed E-state index contributed by atoms with van der Waals surface area (Å²) in [6.07, 6.45) is -2.64. The van der Waals surface area contributed by atoms with Crippen LogP contribution in [-0.2, 0) is 6.42 Å². The number of piperazine rings is 1. The van der Waals surface area contributed by atoms with Gasteiger partial charge in [0.15, 0.2) is 17.6 Å². The fourth-order valence-electron chi connectivity index (χ4n) is 3.92. The summed E-state index contributed by atoms with van der Waals surface area (Å²) in [6, 6.07) is 1.62. The molecule has 3 aromatic rings. The fraction of sp³-hybridized carbons (Fsp3) is 0.524. The number of fused-ring (bicyclic) bond motifs is 1. The van der Waals surface area contributed by atoms with Gasteiger partial charge >= 0.3 is 12.2 Å². The highest BCUT2D eigenvalue weighted by molar-refractivity contribution is 5.60. The summed E-state index contributed by atoms with van der Waals surface area (Å²) >= 11 is 0. The molecule has 3 aromatic heterocycles. The molecule has 0 bridgehead atoms. The third-order valence-corrected chi connectivity index (χ3v) is 5.51. The molecule has 3 N–H and O–H groups in total. The van der Waals surface area contributed by atoms with Crippen LogP contribution in [0.3, 0.4) is 0 Å². The molecule has 33 heavy (non-hydrogen) atoms. The molecule has 0 saturated carbocycles. The number of imidazole rings is 1. The van der Waals surface area contributed by atoms with Crippen LogP contribution in [0, 0.1) is 6.92 Å². The quantitative estimate of drug-likeness (QED) is 0.550. The van der Waals surface area contributed by atoms with Crippen LogP contribution >= 0.6 is 0 Å². The molecule has 0 unspecified atom stereocenters. The van der Waals surface area contributed by atoms with Gasteiger partial charge in [0.25, 0.3) is 0 Å². The van der Waals surface area contributed by atoms with Gasteiger partial charge in [0.05, 0.1) is 11.9 Å². The van der Waals surface area contributed by atoms with E-state index >= 15 is 0 Å². The van der Waals surface area contributed by atoms with Crippen molar-refractivity contribution in [3.8, 4) is 6.01 Å². The Morgan fingerprint density at radius 3 is 2.64 bits per heavy atom. The van der Waals surface area contributed by atoms with Crippen molar-refractivity contribution in [2.45, 2.75) is 45.4 Å². The van der Waals surface area contributed by atoms with Crippen LogP contribution < -0.4 is 20.7 Å². The minimum absolute atomic E-state index is 0.0490. The standard InChI is InChI=1S/C21H27F3N8O/c1-3-4-16(21(22,23)24)33-20-29-17(25)19-28-12-15(32(19)30-20)10-14-9-13(2)18(27-11-14)31-7-5-26-6-8-31/h9,11-12,16,26H,3-8,10H2,1-2H3,(H2,25,29,30)/t16-/m1/s1. The van der Waals surface area contributed by atoms with Crippen molar-refractivity contribution < 1.29 is 17.9 Å². The largest absolute Gasteiger partial charge is 0.449 e. The first-order chi connectivity index (χ1) is 15.8. The lowest BCUT2D eigenvalue weighted by Gasteiger charge is -2.29. The molecule has 0 aromatic carbocycles. The predicted octanol–water partition coefficient (Wildman–Crippen LogP) is 2.52. The average molecular weight is 464 g/mol. The molecule has 0 radical (unpaired) electrons. The summed E-state index contributed by atoms with van der Waals surface area (Å²) in [5.74, 6) is 0.904. The minimum atomic E-state index is -4.53. The molecular formula is C21H27F3N8O. The number of hydrogen-bond acceptors (Lipinski definition) is 8. The third-order valence-electron chi connectivity index (χ3n) is 5.51. The number of anilines is 2. The molecule has 12 heteroatoms. The zero-order chi connectivity index (χ0) is 23.6. The molecule has 0 aliphatic carbocycles. The zero-order valence-corrected chi connectivity index (χ0v) is 18.6. The summed E-state index contributed by atoms with van der Waals surface area (Å²) < 4.78 is 46.3. The molecule has 1 aliphatic rings. The van der Waals surface area contributed by atoms with Crippen LogP contribution in [0.1, 0.15) is 36.6 Å². The van der Waals surface area contributed by atoms with Gasteiger partial charge in [-0.1, -0.05) is 19.4 Å². The monoisotopic (exact) mass is 464 g/mol. The number of halogens is 3. The number of hydrogen-bond donors (Lipinski definition) is 2. The molecule has 1 fully saturated rings. The Kier molecular flexibility index (Phi) is 6.54. The summed E-state index contributed by atoms with van der Waals surface area (Å²) in [5, 5.41) is 7.47. The number of nitrogens with two attached hydrogens (primary N) is 1. The molecule has 0 spiro atoms. The maximum atomic E-state index is 13.3. The Morgan fingerprint density at radius 1 is 1.21 bits per heavy atom. The van der Waals surface area contributed by atoms with Crippen molar-refractivity contribution in [3.05, 3.63) is 35.3 Å². The van der Waals surface area contributed by atoms with Gasteiger partial charge in [-0.25, -0.2) is 14.5 Å². The Bertz CT molecular complexity index is 1110. The van der Waals surface area contributed by atoms with Gasteiger partial charge in [-0.2, -0.15) is 18.2 Å². The second-order valence-electron chi connectivity index (χ2n) is 8.10. The van der Waals surface area contributed by atoms with E-state index in [4.69, 9.17) is 10.5 Å². The van der Waals surface area contributed by atoms with E-state index in [0.717, 1.165) is 43.1 Å². The van der Waals surface area contributed by atoms with Crippen LogP contribution in [0.4, 0.5) is 24.8 Å². The van der Waals surface area contributed by atoms with Gasteiger partial charge in [-0.15, -0.1) is 5.10 Å². The minimum Gasteiger partial charge on any atom is -0.449 e. The lowest BCUT2D eigenvalue weighted by atomic mass is 10.1. The van der Waals surface area contributed by atoms with Gasteiger partial charge in [-0.05, 0) is 24.5 Å². The smallest absolute Gasteiger partial charge is 0.425 e. The third kappa shape index (κ3) is 5.10. The maximum Gasteiger partial charge on any atom is 0.425 e. The molecule has 1 saturated heterocycles. The highest BCUT2D eigenvalue weighted by Crippen LogP contribution is 2.28. The van der Waals surface area contributed by atoms with E-state index in [-0.39, 0.29) is 17.9 Å². The van der Waals surface area contributed by atoms with Crippen molar-refractivity contribution in [2.75, 3.05) is 36.8 Å². The maximum absolute atomic E-state index is 13.3. The lowest BCUT2D eigenvalue weighted by molar-refractivity contribution is -0.198. The molecule has 9 nitrogen and oxygen atoms in total. The number of pyridine rings is 1. The fourth-order valence-corrected chi connectivity index (χ4v) is 3.92. The Hall–Kier alpha value is -3.15. The van der Waals surface area contributed by atoms with Crippen molar-refractivity contribution in [3.63, 3.8) is 0 Å². The van der Waals surface area contributed by atoms with E-state index in [0.29, 0.717) is 18.5 Å².